The summed E-state index contributed by atoms with van der Waals surface area (Å²) < 4.78 is 1.31. The normalized spacial score (nSPS) is 14.6. The van der Waals surface area contributed by atoms with Crippen LogP contribution in [0.5, 0.6) is 0 Å². The highest BCUT2D eigenvalue weighted by Crippen LogP contribution is 2.34. The van der Waals surface area contributed by atoms with Crippen LogP contribution < -0.4 is 5.56 Å². The van der Waals surface area contributed by atoms with E-state index in [2.05, 4.69) is 10.1 Å². The van der Waals surface area contributed by atoms with Gasteiger partial charge in [0.15, 0.2) is 0 Å². The molecule has 0 bridgehead atoms. The van der Waals surface area contributed by atoms with Crippen LogP contribution in [0.3, 0.4) is 0 Å². The number of aromatic nitrogens is 2. The van der Waals surface area contributed by atoms with Gasteiger partial charge >= 0.3 is 0 Å². The second-order valence-corrected chi connectivity index (χ2v) is 5.71. The van der Waals surface area contributed by atoms with Crippen molar-refractivity contribution < 1.29 is 0 Å². The van der Waals surface area contributed by atoms with E-state index in [0.29, 0.717) is 0 Å². The van der Waals surface area contributed by atoms with Gasteiger partial charge in [-0.15, -0.1) is 11.3 Å². The van der Waals surface area contributed by atoms with Gasteiger partial charge in [0.05, 0.1) is 5.39 Å². The number of fused-ring (bicyclic) bond motifs is 3. The minimum Gasteiger partial charge on any atom is -0.367 e. The predicted molar refractivity (Wildman–Crippen MR) is 73.5 cm³/mol. The Hall–Kier alpha value is -1.69. The van der Waals surface area contributed by atoms with E-state index in [1.54, 1.807) is 22.6 Å². The Balaban J connectivity index is 2.19. The Labute approximate surface area is 108 Å². The molecular formula is C12H14N4OS. The summed E-state index contributed by atoms with van der Waals surface area (Å²) in [5.74, 6) is 0. The molecule has 0 saturated heterocycles. The summed E-state index contributed by atoms with van der Waals surface area (Å²) in [6.45, 7) is 0. The first-order valence-electron chi connectivity index (χ1n) is 5.89. The molecular weight excluding hydrogens is 248 g/mol. The maximum absolute atomic E-state index is 12.4. The average molecular weight is 262 g/mol. The molecule has 3 rings (SSSR count). The fourth-order valence-electron chi connectivity index (χ4n) is 2.22. The Kier molecular flexibility index (Phi) is 2.66. The zero-order chi connectivity index (χ0) is 12.7. The summed E-state index contributed by atoms with van der Waals surface area (Å²) in [6, 6.07) is 0. The topological polar surface area (TPSA) is 50.5 Å². The largest absolute Gasteiger partial charge is 0.367 e. The fourth-order valence-corrected chi connectivity index (χ4v) is 3.44. The molecule has 0 spiro atoms. The summed E-state index contributed by atoms with van der Waals surface area (Å²) in [5.41, 5.74) is 1.14. The summed E-state index contributed by atoms with van der Waals surface area (Å²) in [6.07, 6.45) is 6.31. The molecule has 2 aromatic heterocycles. The molecule has 1 aliphatic rings. The molecule has 0 amide bonds. The first kappa shape index (κ1) is 11.4. The Morgan fingerprint density at radius 2 is 2.33 bits per heavy atom. The van der Waals surface area contributed by atoms with Crippen LogP contribution in [0.1, 0.15) is 16.9 Å². The van der Waals surface area contributed by atoms with E-state index >= 15 is 0 Å². The van der Waals surface area contributed by atoms with E-state index in [-0.39, 0.29) is 5.56 Å². The van der Waals surface area contributed by atoms with Crippen LogP contribution in [-0.4, -0.2) is 35.0 Å². The van der Waals surface area contributed by atoms with Gasteiger partial charge in [0.2, 0.25) is 0 Å². The van der Waals surface area contributed by atoms with Crippen LogP contribution in [0.15, 0.2) is 16.2 Å². The van der Waals surface area contributed by atoms with E-state index in [0.717, 1.165) is 29.5 Å². The van der Waals surface area contributed by atoms with Gasteiger partial charge < -0.3 is 4.90 Å². The van der Waals surface area contributed by atoms with E-state index in [9.17, 15) is 4.79 Å². The maximum atomic E-state index is 12.4. The molecule has 18 heavy (non-hydrogen) atoms. The summed E-state index contributed by atoms with van der Waals surface area (Å²) >= 11 is 1.65. The third kappa shape index (κ3) is 1.73. The number of thiophene rings is 1. The van der Waals surface area contributed by atoms with Crippen LogP contribution in [0.2, 0.25) is 0 Å². The lowest BCUT2D eigenvalue weighted by atomic mass is 10.2. The lowest BCUT2D eigenvalue weighted by Gasteiger charge is -2.03. The van der Waals surface area contributed by atoms with Crippen LogP contribution in [0.25, 0.3) is 10.2 Å². The van der Waals surface area contributed by atoms with E-state index in [1.807, 2.05) is 14.1 Å². The summed E-state index contributed by atoms with van der Waals surface area (Å²) in [5, 5.41) is 4.88. The second-order valence-electron chi connectivity index (χ2n) is 4.63. The molecule has 0 aromatic carbocycles. The van der Waals surface area contributed by atoms with Crippen molar-refractivity contribution in [2.24, 2.45) is 5.10 Å². The van der Waals surface area contributed by atoms with Gasteiger partial charge in [0, 0.05) is 19.0 Å². The molecule has 0 radical (unpaired) electrons. The lowest BCUT2D eigenvalue weighted by Crippen LogP contribution is -2.19. The third-order valence-corrected chi connectivity index (χ3v) is 4.22. The zero-order valence-corrected chi connectivity index (χ0v) is 11.2. The summed E-state index contributed by atoms with van der Waals surface area (Å²) in [4.78, 5) is 20.6. The standard InChI is InChI=1S/C12H14N4OS/c1-15(2)7-14-16-6-13-11-10(12(16)17)8-4-3-5-9(8)18-11/h6-7H,3-5H2,1-2H3/b14-7-. The van der Waals surface area contributed by atoms with E-state index < -0.39 is 0 Å². The number of hydrogen-bond donors (Lipinski definition) is 0. The van der Waals surface area contributed by atoms with Crippen molar-refractivity contribution in [1.29, 1.82) is 0 Å². The lowest BCUT2D eigenvalue weighted by molar-refractivity contribution is 0.629. The van der Waals surface area contributed by atoms with E-state index in [4.69, 9.17) is 0 Å². The van der Waals surface area contributed by atoms with Gasteiger partial charge in [0.25, 0.3) is 5.56 Å². The fraction of sp³-hybridized carbons (Fsp3) is 0.417. The van der Waals surface area contributed by atoms with Gasteiger partial charge in [-0.3, -0.25) is 4.79 Å². The highest BCUT2D eigenvalue weighted by atomic mass is 32.1. The number of nitrogens with zero attached hydrogens (tertiary/aromatic N) is 4. The molecule has 0 aliphatic heterocycles. The molecule has 94 valence electrons. The van der Waals surface area contributed by atoms with Crippen molar-refractivity contribution in [1.82, 2.24) is 14.6 Å². The predicted octanol–water partition coefficient (Wildman–Crippen LogP) is 1.30. The Bertz CT molecular complexity index is 683. The molecule has 5 nitrogen and oxygen atoms in total. The average Bonchev–Trinajstić information content (AvgIpc) is 2.87. The second kappa shape index (κ2) is 4.20. The SMILES string of the molecule is CN(C)/C=N\n1cnc2sc3c(c2c1=O)CCC3. The minimum atomic E-state index is -0.0579. The molecule has 0 saturated carbocycles. The quantitative estimate of drug-likeness (QED) is 0.605. The van der Waals surface area contributed by atoms with Gasteiger partial charge in [-0.2, -0.15) is 9.78 Å². The first-order chi connectivity index (χ1) is 8.66. The monoisotopic (exact) mass is 262 g/mol. The smallest absolute Gasteiger partial charge is 0.283 e. The van der Waals surface area contributed by atoms with Crippen LogP contribution >= 0.6 is 11.3 Å². The molecule has 0 N–H and O–H groups in total. The Morgan fingerprint density at radius 1 is 1.50 bits per heavy atom. The number of rotatable bonds is 2. The summed E-state index contributed by atoms with van der Waals surface area (Å²) in [7, 11) is 3.73. The van der Waals surface area contributed by atoms with E-state index in [1.165, 1.54) is 21.4 Å². The molecule has 0 atom stereocenters. The van der Waals surface area contributed by atoms with Crippen molar-refractivity contribution in [3.63, 3.8) is 0 Å². The molecule has 6 heteroatoms. The van der Waals surface area contributed by atoms with Crippen molar-refractivity contribution in [3.8, 4) is 0 Å². The van der Waals surface area contributed by atoms with Gasteiger partial charge in [-0.25, -0.2) is 4.98 Å². The Morgan fingerprint density at radius 3 is 3.11 bits per heavy atom. The highest BCUT2D eigenvalue weighted by molar-refractivity contribution is 7.18. The van der Waals surface area contributed by atoms with Crippen molar-refractivity contribution in [2.75, 3.05) is 14.1 Å². The molecule has 2 heterocycles. The van der Waals surface area contributed by atoms with Crippen LogP contribution in [-0.2, 0) is 12.8 Å². The van der Waals surface area contributed by atoms with Crippen molar-refractivity contribution >= 4 is 27.9 Å². The van der Waals surface area contributed by atoms with Gasteiger partial charge in [-0.05, 0) is 24.8 Å². The number of hydrogen-bond acceptors (Lipinski definition) is 4. The maximum Gasteiger partial charge on any atom is 0.283 e. The third-order valence-electron chi connectivity index (χ3n) is 3.02. The van der Waals surface area contributed by atoms with Gasteiger partial charge in [0.1, 0.15) is 17.5 Å². The van der Waals surface area contributed by atoms with Crippen molar-refractivity contribution in [3.05, 3.63) is 27.1 Å². The molecule has 2 aromatic rings. The molecule has 0 unspecified atom stereocenters. The van der Waals surface area contributed by atoms with Crippen LogP contribution in [0.4, 0.5) is 0 Å². The van der Waals surface area contributed by atoms with Crippen molar-refractivity contribution in [2.45, 2.75) is 19.3 Å². The molecule has 1 aliphatic carbocycles. The highest BCUT2D eigenvalue weighted by Gasteiger charge is 2.21. The van der Waals surface area contributed by atoms with Gasteiger partial charge in [-0.1, -0.05) is 0 Å². The minimum absolute atomic E-state index is 0.0579. The zero-order valence-electron chi connectivity index (χ0n) is 10.4. The van der Waals surface area contributed by atoms with Crippen LogP contribution in [0, 0.1) is 0 Å². The molecule has 0 fully saturated rings. The number of aryl methyl sites for hydroxylation is 2. The first-order valence-corrected chi connectivity index (χ1v) is 6.71.